The normalized spacial score (nSPS) is 18.0. The number of benzene rings is 1. The van der Waals surface area contributed by atoms with Gasteiger partial charge in [-0.05, 0) is 25.1 Å². The first kappa shape index (κ1) is 16.1. The minimum absolute atomic E-state index is 0. The van der Waals surface area contributed by atoms with Gasteiger partial charge in [0, 0.05) is 19.6 Å². The van der Waals surface area contributed by atoms with E-state index >= 15 is 0 Å². The van der Waals surface area contributed by atoms with Crippen LogP contribution >= 0.6 is 24.0 Å². The average Bonchev–Trinajstić information content (AvgIpc) is 2.85. The Balaban J connectivity index is 0.00000180. The number of nitrogens with one attached hydrogen (secondary N) is 1. The zero-order valence-corrected chi connectivity index (χ0v) is 11.8. The van der Waals surface area contributed by atoms with E-state index < -0.39 is 17.5 Å². The highest BCUT2D eigenvalue weighted by atomic mass is 35.5. The van der Waals surface area contributed by atoms with Crippen LogP contribution in [0, 0.1) is 11.6 Å². The van der Waals surface area contributed by atoms with E-state index in [1.165, 1.54) is 4.90 Å². The van der Waals surface area contributed by atoms with Crippen LogP contribution in [-0.4, -0.2) is 37.0 Å². The Kier molecular flexibility index (Phi) is 5.52. The molecule has 1 saturated heterocycles. The van der Waals surface area contributed by atoms with Gasteiger partial charge in [0.2, 0.25) is 0 Å². The van der Waals surface area contributed by atoms with Crippen LogP contribution in [0.15, 0.2) is 12.1 Å². The number of amides is 1. The van der Waals surface area contributed by atoms with Gasteiger partial charge in [0.25, 0.3) is 5.91 Å². The van der Waals surface area contributed by atoms with Crippen LogP contribution in [0.1, 0.15) is 16.8 Å². The van der Waals surface area contributed by atoms with Crippen LogP contribution in [0.3, 0.4) is 0 Å². The molecule has 0 saturated carbocycles. The van der Waals surface area contributed by atoms with E-state index in [9.17, 15) is 13.6 Å². The molecule has 0 bridgehead atoms. The molecule has 0 spiro atoms. The molecule has 0 aromatic heterocycles. The van der Waals surface area contributed by atoms with Crippen LogP contribution < -0.4 is 5.32 Å². The van der Waals surface area contributed by atoms with Gasteiger partial charge in [0.15, 0.2) is 0 Å². The molecule has 106 valence electrons. The van der Waals surface area contributed by atoms with Crippen molar-refractivity contribution in [2.75, 3.05) is 20.1 Å². The molecule has 1 aromatic rings. The van der Waals surface area contributed by atoms with Crippen LogP contribution in [0.25, 0.3) is 0 Å². The van der Waals surface area contributed by atoms with E-state index in [4.69, 9.17) is 11.6 Å². The molecular formula is C12H14Cl2F2N2O. The predicted molar refractivity (Wildman–Crippen MR) is 72.0 cm³/mol. The number of hydrogen-bond donors (Lipinski definition) is 1. The van der Waals surface area contributed by atoms with Crippen molar-refractivity contribution in [3.05, 3.63) is 34.4 Å². The van der Waals surface area contributed by atoms with Gasteiger partial charge < -0.3 is 10.2 Å². The first-order chi connectivity index (χ1) is 8.50. The number of carbonyl (C=O) groups excluding carboxylic acids is 1. The van der Waals surface area contributed by atoms with Crippen LogP contribution in [0.2, 0.25) is 5.02 Å². The molecule has 2 rings (SSSR count). The van der Waals surface area contributed by atoms with Crippen molar-refractivity contribution in [1.82, 2.24) is 10.2 Å². The number of carbonyl (C=O) groups is 1. The Morgan fingerprint density at radius 1 is 1.42 bits per heavy atom. The lowest BCUT2D eigenvalue weighted by atomic mass is 10.1. The molecule has 0 aliphatic carbocycles. The Bertz CT molecular complexity index is 479. The second kappa shape index (κ2) is 6.50. The van der Waals surface area contributed by atoms with Crippen LogP contribution in [0.5, 0.6) is 0 Å². The van der Waals surface area contributed by atoms with Gasteiger partial charge in [0.1, 0.15) is 11.6 Å². The summed E-state index contributed by atoms with van der Waals surface area (Å²) < 4.78 is 26.9. The maximum absolute atomic E-state index is 13.6. The Morgan fingerprint density at radius 2 is 2.11 bits per heavy atom. The SMILES string of the molecule is CN(C(=O)c1cc(F)c(Cl)cc1F)C1CCNC1.Cl. The van der Waals surface area contributed by atoms with Gasteiger partial charge in [-0.1, -0.05) is 11.6 Å². The fourth-order valence-corrected chi connectivity index (χ4v) is 2.16. The highest BCUT2D eigenvalue weighted by Gasteiger charge is 2.26. The number of likely N-dealkylation sites (N-methyl/N-ethyl adjacent to an activating group) is 1. The van der Waals surface area contributed by atoms with Gasteiger partial charge in [-0.2, -0.15) is 0 Å². The van der Waals surface area contributed by atoms with E-state index in [1.54, 1.807) is 7.05 Å². The zero-order valence-electron chi connectivity index (χ0n) is 10.3. The lowest BCUT2D eigenvalue weighted by molar-refractivity contribution is 0.0738. The third-order valence-corrected chi connectivity index (χ3v) is 3.43. The second-order valence-electron chi connectivity index (χ2n) is 4.31. The standard InChI is InChI=1S/C12H13ClF2N2O.ClH/c1-17(7-2-3-16-6-7)12(18)8-4-11(15)9(13)5-10(8)14;/h4-5,7,16H,2-3,6H2,1H3;1H. The van der Waals surface area contributed by atoms with Crippen molar-refractivity contribution in [3.63, 3.8) is 0 Å². The van der Waals surface area contributed by atoms with E-state index in [-0.39, 0.29) is 29.0 Å². The molecule has 3 nitrogen and oxygen atoms in total. The zero-order chi connectivity index (χ0) is 13.3. The summed E-state index contributed by atoms with van der Waals surface area (Å²) in [6, 6.07) is 1.68. The highest BCUT2D eigenvalue weighted by Crippen LogP contribution is 2.21. The molecule has 1 aliphatic heterocycles. The summed E-state index contributed by atoms with van der Waals surface area (Å²) in [7, 11) is 1.59. The van der Waals surface area contributed by atoms with E-state index in [2.05, 4.69) is 5.32 Å². The fraction of sp³-hybridized carbons (Fsp3) is 0.417. The minimum Gasteiger partial charge on any atom is -0.337 e. The van der Waals surface area contributed by atoms with Crippen LogP contribution in [-0.2, 0) is 0 Å². The largest absolute Gasteiger partial charge is 0.337 e. The van der Waals surface area contributed by atoms with E-state index in [1.807, 2.05) is 0 Å². The molecule has 1 heterocycles. The second-order valence-corrected chi connectivity index (χ2v) is 4.72. The molecule has 0 radical (unpaired) electrons. The smallest absolute Gasteiger partial charge is 0.256 e. The van der Waals surface area contributed by atoms with E-state index in [0.29, 0.717) is 6.54 Å². The number of nitrogens with zero attached hydrogens (tertiary/aromatic N) is 1. The maximum atomic E-state index is 13.6. The van der Waals surface area contributed by atoms with Crippen molar-refractivity contribution < 1.29 is 13.6 Å². The fourth-order valence-electron chi connectivity index (χ4n) is 2.01. The maximum Gasteiger partial charge on any atom is 0.256 e. The summed E-state index contributed by atoms with van der Waals surface area (Å²) in [6.07, 6.45) is 0.805. The predicted octanol–water partition coefficient (Wildman–Crippen LogP) is 2.47. The number of hydrogen-bond acceptors (Lipinski definition) is 2. The monoisotopic (exact) mass is 310 g/mol. The van der Waals surface area contributed by atoms with Gasteiger partial charge >= 0.3 is 0 Å². The third kappa shape index (κ3) is 3.35. The molecule has 1 atom stereocenters. The summed E-state index contributed by atoms with van der Waals surface area (Å²) in [5.41, 5.74) is -0.286. The summed E-state index contributed by atoms with van der Waals surface area (Å²) in [5.74, 6) is -2.12. The number of rotatable bonds is 2. The molecule has 19 heavy (non-hydrogen) atoms. The first-order valence-corrected chi connectivity index (χ1v) is 6.01. The molecule has 1 fully saturated rings. The molecule has 1 unspecified atom stereocenters. The molecule has 1 amide bonds. The molecule has 7 heteroatoms. The Morgan fingerprint density at radius 3 is 2.68 bits per heavy atom. The highest BCUT2D eigenvalue weighted by molar-refractivity contribution is 6.30. The van der Waals surface area contributed by atoms with Gasteiger partial charge in [-0.25, -0.2) is 8.78 Å². The summed E-state index contributed by atoms with van der Waals surface area (Å²) in [5, 5.41) is 2.79. The van der Waals surface area contributed by atoms with Gasteiger partial charge in [-0.15, -0.1) is 12.4 Å². The minimum atomic E-state index is -0.802. The number of halogens is 4. The lowest BCUT2D eigenvalue weighted by Crippen LogP contribution is -2.38. The molecular weight excluding hydrogens is 297 g/mol. The lowest BCUT2D eigenvalue weighted by Gasteiger charge is -2.24. The summed E-state index contributed by atoms with van der Waals surface area (Å²) in [6.45, 7) is 1.49. The van der Waals surface area contributed by atoms with Crippen molar-refractivity contribution in [2.24, 2.45) is 0 Å². The molecule has 1 aromatic carbocycles. The third-order valence-electron chi connectivity index (χ3n) is 3.14. The van der Waals surface area contributed by atoms with E-state index in [0.717, 1.165) is 25.1 Å². The summed E-state index contributed by atoms with van der Waals surface area (Å²) >= 11 is 5.45. The molecule has 1 aliphatic rings. The van der Waals surface area contributed by atoms with Crippen LogP contribution in [0.4, 0.5) is 8.78 Å². The van der Waals surface area contributed by atoms with Crippen molar-refractivity contribution >= 4 is 29.9 Å². The van der Waals surface area contributed by atoms with Crippen molar-refractivity contribution in [2.45, 2.75) is 12.5 Å². The first-order valence-electron chi connectivity index (χ1n) is 5.63. The Labute approximate surface area is 121 Å². The topological polar surface area (TPSA) is 32.3 Å². The van der Waals surface area contributed by atoms with Gasteiger partial charge in [-0.3, -0.25) is 4.79 Å². The van der Waals surface area contributed by atoms with Crippen molar-refractivity contribution in [1.29, 1.82) is 0 Å². The molecule has 1 N–H and O–H groups in total. The average molecular weight is 311 g/mol. The van der Waals surface area contributed by atoms with Crippen molar-refractivity contribution in [3.8, 4) is 0 Å². The quantitative estimate of drug-likeness (QED) is 0.851. The Hall–Kier alpha value is -0.910. The van der Waals surface area contributed by atoms with Gasteiger partial charge in [0.05, 0.1) is 10.6 Å². The summed E-state index contributed by atoms with van der Waals surface area (Å²) in [4.78, 5) is 13.5.